The predicted molar refractivity (Wildman–Crippen MR) is 122 cm³/mol. The van der Waals surface area contributed by atoms with Crippen LogP contribution in [-0.4, -0.2) is 65.2 Å². The number of aliphatic hydroxyl groups excluding tert-OH is 1. The molecular formula is C23H30ClN5O2. The highest BCUT2D eigenvalue weighted by molar-refractivity contribution is 6.30. The summed E-state index contributed by atoms with van der Waals surface area (Å²) in [6, 6.07) is 7.56. The van der Waals surface area contributed by atoms with E-state index < -0.39 is 6.10 Å². The number of carbonyl (C=O) groups excluding carboxylic acids is 1. The Balaban J connectivity index is 1.47. The van der Waals surface area contributed by atoms with Crippen molar-refractivity contribution in [1.82, 2.24) is 20.2 Å². The lowest BCUT2D eigenvalue weighted by atomic mass is 9.97. The molecule has 1 amide bonds. The first-order chi connectivity index (χ1) is 15.0. The number of aliphatic hydroxyl groups is 1. The molecular weight excluding hydrogens is 414 g/mol. The highest BCUT2D eigenvalue weighted by atomic mass is 35.5. The second kappa shape index (κ2) is 9.51. The smallest absolute Gasteiger partial charge is 0.231 e. The van der Waals surface area contributed by atoms with Crippen LogP contribution in [0.5, 0.6) is 0 Å². The van der Waals surface area contributed by atoms with Gasteiger partial charge in [0.1, 0.15) is 12.1 Å². The topological polar surface area (TPSA) is 81.6 Å². The number of nitrogens with zero attached hydrogens (tertiary/aromatic N) is 4. The van der Waals surface area contributed by atoms with E-state index >= 15 is 0 Å². The van der Waals surface area contributed by atoms with Crippen molar-refractivity contribution in [3.63, 3.8) is 0 Å². The van der Waals surface area contributed by atoms with E-state index in [1.54, 1.807) is 6.33 Å². The lowest BCUT2D eigenvalue weighted by molar-refractivity contribution is -0.133. The zero-order valence-electron chi connectivity index (χ0n) is 18.1. The number of piperazine rings is 1. The molecule has 2 heterocycles. The first-order valence-corrected chi connectivity index (χ1v) is 11.4. The molecule has 2 aromatic rings. The quantitative estimate of drug-likeness (QED) is 0.714. The molecule has 1 fully saturated rings. The van der Waals surface area contributed by atoms with Crippen molar-refractivity contribution in [1.29, 1.82) is 0 Å². The summed E-state index contributed by atoms with van der Waals surface area (Å²) in [6.07, 6.45) is 1.72. The van der Waals surface area contributed by atoms with E-state index in [0.717, 1.165) is 29.2 Å². The highest BCUT2D eigenvalue weighted by Gasteiger charge is 2.34. The molecule has 1 aliphatic heterocycles. The summed E-state index contributed by atoms with van der Waals surface area (Å²) in [6.45, 7) is 8.29. The van der Waals surface area contributed by atoms with Gasteiger partial charge in [-0.05, 0) is 36.6 Å². The molecule has 0 spiro atoms. The minimum absolute atomic E-state index is 0.139. The van der Waals surface area contributed by atoms with Gasteiger partial charge in [-0.3, -0.25) is 4.79 Å². The van der Waals surface area contributed by atoms with Gasteiger partial charge in [0.25, 0.3) is 0 Å². The first kappa shape index (κ1) is 22.0. The minimum Gasteiger partial charge on any atom is -0.387 e. The Hall–Kier alpha value is -2.22. The van der Waals surface area contributed by atoms with Gasteiger partial charge >= 0.3 is 0 Å². The molecule has 0 radical (unpaired) electrons. The van der Waals surface area contributed by atoms with Crippen molar-refractivity contribution in [2.45, 2.75) is 38.2 Å². The number of aromatic nitrogens is 2. The molecule has 4 rings (SSSR count). The van der Waals surface area contributed by atoms with Crippen LogP contribution < -0.4 is 10.2 Å². The lowest BCUT2D eigenvalue weighted by Gasteiger charge is -2.38. The second-order valence-corrected chi connectivity index (χ2v) is 8.81. The number of carbonyl (C=O) groups is 1. The molecule has 0 saturated carbocycles. The number of halogens is 1. The second-order valence-electron chi connectivity index (χ2n) is 8.37. The van der Waals surface area contributed by atoms with Gasteiger partial charge in [-0.25, -0.2) is 9.97 Å². The molecule has 1 aromatic carbocycles. The Kier molecular flexibility index (Phi) is 6.74. The number of hydrogen-bond donors (Lipinski definition) is 2. The van der Waals surface area contributed by atoms with E-state index in [4.69, 9.17) is 11.6 Å². The molecule has 8 heteroatoms. The molecule has 31 heavy (non-hydrogen) atoms. The van der Waals surface area contributed by atoms with Crippen LogP contribution in [0.4, 0.5) is 5.82 Å². The molecule has 7 nitrogen and oxygen atoms in total. The van der Waals surface area contributed by atoms with Crippen LogP contribution in [0.2, 0.25) is 5.02 Å². The molecule has 1 aromatic heterocycles. The normalized spacial score (nSPS) is 21.8. The first-order valence-electron chi connectivity index (χ1n) is 11.0. The van der Waals surface area contributed by atoms with Crippen molar-refractivity contribution >= 4 is 23.3 Å². The van der Waals surface area contributed by atoms with Crippen LogP contribution in [-0.2, 0) is 4.79 Å². The Labute approximate surface area is 188 Å². The van der Waals surface area contributed by atoms with E-state index in [9.17, 15) is 9.90 Å². The van der Waals surface area contributed by atoms with Crippen LogP contribution in [0.1, 0.15) is 55.0 Å². The summed E-state index contributed by atoms with van der Waals surface area (Å²) in [4.78, 5) is 26.4. The molecule has 2 N–H and O–H groups in total. The van der Waals surface area contributed by atoms with Gasteiger partial charge in [0, 0.05) is 43.3 Å². The van der Waals surface area contributed by atoms with E-state index in [2.05, 4.69) is 27.1 Å². The Morgan fingerprint density at radius 1 is 1.23 bits per heavy atom. The average Bonchev–Trinajstić information content (AvgIpc) is 3.09. The monoisotopic (exact) mass is 443 g/mol. The van der Waals surface area contributed by atoms with Gasteiger partial charge in [0.2, 0.25) is 5.91 Å². The summed E-state index contributed by atoms with van der Waals surface area (Å²) < 4.78 is 0. The van der Waals surface area contributed by atoms with E-state index in [1.807, 2.05) is 36.1 Å². The zero-order valence-corrected chi connectivity index (χ0v) is 18.8. The maximum atomic E-state index is 13.4. The molecule has 2 aliphatic rings. The number of amides is 1. The third-order valence-corrected chi connectivity index (χ3v) is 6.59. The third-order valence-electron chi connectivity index (χ3n) is 6.34. The lowest BCUT2D eigenvalue weighted by Crippen LogP contribution is -2.51. The van der Waals surface area contributed by atoms with Crippen molar-refractivity contribution < 1.29 is 9.90 Å². The number of nitrogens with one attached hydrogen (secondary N) is 1. The summed E-state index contributed by atoms with van der Waals surface area (Å²) in [7, 11) is 0. The van der Waals surface area contributed by atoms with Crippen molar-refractivity contribution in [2.24, 2.45) is 0 Å². The number of fused-ring (bicyclic) bond motifs is 1. The van der Waals surface area contributed by atoms with Gasteiger partial charge in [0.05, 0.1) is 17.7 Å². The fraction of sp³-hybridized carbons (Fsp3) is 0.522. The minimum atomic E-state index is -0.513. The Bertz CT molecular complexity index is 915. The number of hydrogen-bond acceptors (Lipinski definition) is 6. The summed E-state index contributed by atoms with van der Waals surface area (Å²) in [5.41, 5.74) is 2.79. The number of rotatable bonds is 6. The summed E-state index contributed by atoms with van der Waals surface area (Å²) in [5, 5.41) is 14.3. The molecule has 1 aliphatic carbocycles. The molecule has 166 valence electrons. The van der Waals surface area contributed by atoms with Gasteiger partial charge in [-0.1, -0.05) is 37.6 Å². The molecule has 1 saturated heterocycles. The molecule has 0 bridgehead atoms. The Morgan fingerprint density at radius 3 is 2.61 bits per heavy atom. The van der Waals surface area contributed by atoms with Gasteiger partial charge in [0.15, 0.2) is 0 Å². The maximum absolute atomic E-state index is 13.4. The van der Waals surface area contributed by atoms with E-state index in [0.29, 0.717) is 44.2 Å². The summed E-state index contributed by atoms with van der Waals surface area (Å²) >= 11 is 6.04. The number of benzene rings is 1. The van der Waals surface area contributed by atoms with Crippen molar-refractivity contribution in [3.05, 3.63) is 52.4 Å². The zero-order chi connectivity index (χ0) is 22.0. The van der Waals surface area contributed by atoms with E-state index in [1.165, 1.54) is 0 Å². The Morgan fingerprint density at radius 2 is 1.94 bits per heavy atom. The fourth-order valence-corrected chi connectivity index (χ4v) is 4.77. The van der Waals surface area contributed by atoms with Crippen LogP contribution in [0.15, 0.2) is 30.6 Å². The number of anilines is 1. The van der Waals surface area contributed by atoms with Crippen LogP contribution in [0, 0.1) is 0 Å². The largest absolute Gasteiger partial charge is 0.387 e. The summed E-state index contributed by atoms with van der Waals surface area (Å²) in [5.74, 6) is 1.04. The maximum Gasteiger partial charge on any atom is 0.231 e. The third kappa shape index (κ3) is 4.54. The molecule has 1 unspecified atom stereocenters. The van der Waals surface area contributed by atoms with Crippen LogP contribution in [0.3, 0.4) is 0 Å². The van der Waals surface area contributed by atoms with Gasteiger partial charge < -0.3 is 20.2 Å². The SMILES string of the molecule is CCNCC(C(=O)N1CCN(c2ncnc3c2[C@H](C)C[C@H]3O)CC1)c1ccc(Cl)cc1. The number of likely N-dealkylation sites (N-methyl/N-ethyl adjacent to an activating group) is 1. The standard InChI is InChI=1S/C23H30ClN5O2/c1-3-25-13-18(16-4-6-17(24)7-5-16)23(31)29-10-8-28(9-11-29)22-20-15(2)12-19(30)21(20)26-14-27-22/h4-7,14-15,18-19,25,30H,3,8-13H2,1-2H3/t15-,18?,19-/m1/s1. The highest BCUT2D eigenvalue weighted by Crippen LogP contribution is 2.42. The van der Waals surface area contributed by atoms with Gasteiger partial charge in [-0.15, -0.1) is 0 Å². The average molecular weight is 444 g/mol. The van der Waals surface area contributed by atoms with Crippen LogP contribution in [0.25, 0.3) is 0 Å². The van der Waals surface area contributed by atoms with Crippen molar-refractivity contribution in [2.75, 3.05) is 44.2 Å². The fourth-order valence-electron chi connectivity index (χ4n) is 4.64. The van der Waals surface area contributed by atoms with Crippen LogP contribution >= 0.6 is 11.6 Å². The molecule has 3 atom stereocenters. The van der Waals surface area contributed by atoms with Gasteiger partial charge in [-0.2, -0.15) is 0 Å². The van der Waals surface area contributed by atoms with E-state index in [-0.39, 0.29) is 17.7 Å². The van der Waals surface area contributed by atoms with Crippen molar-refractivity contribution in [3.8, 4) is 0 Å². The predicted octanol–water partition coefficient (Wildman–Crippen LogP) is 2.71.